The van der Waals surface area contributed by atoms with Gasteiger partial charge in [0, 0.05) is 6.42 Å². The second-order valence-electron chi connectivity index (χ2n) is 2.56. The highest BCUT2D eigenvalue weighted by molar-refractivity contribution is 5.36. The first-order valence-electron chi connectivity index (χ1n) is 3.19. The largest absolute Gasteiger partial charge is 0.359 e. The van der Waals surface area contributed by atoms with E-state index in [1.807, 2.05) is 13.3 Å². The van der Waals surface area contributed by atoms with Crippen LogP contribution in [-0.4, -0.2) is 16.0 Å². The van der Waals surface area contributed by atoms with Crippen molar-refractivity contribution in [3.05, 3.63) is 29.7 Å². The van der Waals surface area contributed by atoms with Crippen LogP contribution in [0.3, 0.4) is 0 Å². The highest BCUT2D eigenvalue weighted by Crippen LogP contribution is 2.24. The van der Waals surface area contributed by atoms with Crippen molar-refractivity contribution in [3.63, 3.8) is 0 Å². The van der Waals surface area contributed by atoms with E-state index in [0.717, 1.165) is 5.57 Å². The molecule has 0 aromatic heterocycles. The zero-order valence-corrected chi connectivity index (χ0v) is 6.13. The Bertz CT molecular complexity index is 199. The van der Waals surface area contributed by atoms with Crippen LogP contribution in [0.5, 0.6) is 0 Å². The van der Waals surface area contributed by atoms with Crippen molar-refractivity contribution in [2.45, 2.75) is 19.6 Å². The summed E-state index contributed by atoms with van der Waals surface area (Å²) in [5.41, 5.74) is 1.50. The van der Waals surface area contributed by atoms with Crippen LogP contribution in [0.2, 0.25) is 0 Å². The van der Waals surface area contributed by atoms with Gasteiger partial charge >= 0.3 is 0 Å². The van der Waals surface area contributed by atoms with Crippen molar-refractivity contribution in [1.29, 1.82) is 0 Å². The highest BCUT2D eigenvalue weighted by Gasteiger charge is 2.25. The highest BCUT2D eigenvalue weighted by atomic mass is 16.5. The van der Waals surface area contributed by atoms with Gasteiger partial charge < -0.3 is 10.2 Å². The van der Waals surface area contributed by atoms with Crippen LogP contribution in [0.25, 0.3) is 0 Å². The molecule has 0 saturated carbocycles. The molecule has 0 saturated heterocycles. The van der Waals surface area contributed by atoms with Gasteiger partial charge in [0.05, 0.1) is 0 Å². The van der Waals surface area contributed by atoms with Gasteiger partial charge in [-0.25, -0.2) is 0 Å². The van der Waals surface area contributed by atoms with Gasteiger partial charge in [-0.1, -0.05) is 11.6 Å². The molecule has 0 bridgehead atoms. The van der Waals surface area contributed by atoms with Crippen molar-refractivity contribution in [2.75, 3.05) is 0 Å². The Morgan fingerprint density at radius 3 is 2.30 bits per heavy atom. The lowest BCUT2D eigenvalue weighted by Gasteiger charge is -2.23. The first-order valence-corrected chi connectivity index (χ1v) is 3.19. The Labute approximate surface area is 60.5 Å². The second-order valence-corrected chi connectivity index (χ2v) is 2.56. The molecule has 0 aliphatic heterocycles. The van der Waals surface area contributed by atoms with Crippen molar-refractivity contribution >= 4 is 0 Å². The molecule has 2 nitrogen and oxygen atoms in total. The van der Waals surface area contributed by atoms with E-state index in [-0.39, 0.29) is 0 Å². The minimum atomic E-state index is -1.72. The molecular formula is C8H11O2. The molecule has 0 aromatic rings. The maximum Gasteiger partial charge on any atom is 0.205 e. The molecule has 55 valence electrons. The fourth-order valence-electron chi connectivity index (χ4n) is 0.867. The molecule has 1 rings (SSSR count). The van der Waals surface area contributed by atoms with Crippen LogP contribution in [0.15, 0.2) is 23.3 Å². The van der Waals surface area contributed by atoms with Gasteiger partial charge in [0.2, 0.25) is 5.79 Å². The number of aliphatic hydroxyl groups is 2. The summed E-state index contributed by atoms with van der Waals surface area (Å²) in [6, 6.07) is 0. The first-order chi connectivity index (χ1) is 4.54. The second kappa shape index (κ2) is 2.22. The number of allylic oxidation sites excluding steroid dienone is 2. The summed E-state index contributed by atoms with van der Waals surface area (Å²) in [6.07, 6.45) is 4.84. The smallest absolute Gasteiger partial charge is 0.205 e. The van der Waals surface area contributed by atoms with Crippen LogP contribution in [0, 0.1) is 6.42 Å². The molecule has 0 spiro atoms. The molecule has 0 heterocycles. The number of hydrogen-bond acceptors (Lipinski definition) is 2. The topological polar surface area (TPSA) is 40.5 Å². The summed E-state index contributed by atoms with van der Waals surface area (Å²) in [6.45, 7) is 3.55. The van der Waals surface area contributed by atoms with Crippen molar-refractivity contribution in [1.82, 2.24) is 0 Å². The normalized spacial score (nSPS) is 23.6. The van der Waals surface area contributed by atoms with Crippen LogP contribution in [0.4, 0.5) is 0 Å². The molecule has 1 aliphatic rings. The molecule has 0 unspecified atom stereocenters. The third kappa shape index (κ3) is 1.13. The standard InChI is InChI=1S/C8H11O2/c1-6-4-3-5-8(9,10)7(6)2/h3-5,9-10H,1-2H3. The van der Waals surface area contributed by atoms with Gasteiger partial charge in [-0.3, -0.25) is 0 Å². The Balaban J connectivity index is 2.97. The molecule has 0 fully saturated rings. The Kier molecular flexibility index (Phi) is 1.67. The van der Waals surface area contributed by atoms with Gasteiger partial charge in [0.1, 0.15) is 0 Å². The summed E-state index contributed by atoms with van der Waals surface area (Å²) in [5.74, 6) is -1.72. The minimum Gasteiger partial charge on any atom is -0.359 e. The Morgan fingerprint density at radius 2 is 1.90 bits per heavy atom. The Hall–Kier alpha value is -0.600. The van der Waals surface area contributed by atoms with Gasteiger partial charge in [0.15, 0.2) is 0 Å². The maximum atomic E-state index is 9.20. The van der Waals surface area contributed by atoms with E-state index in [4.69, 9.17) is 0 Å². The predicted octanol–water partition coefficient (Wildman–Crippen LogP) is 0.778. The molecular weight excluding hydrogens is 128 g/mol. The van der Waals surface area contributed by atoms with Crippen LogP contribution in [-0.2, 0) is 0 Å². The lowest BCUT2D eigenvalue weighted by molar-refractivity contribution is -0.0856. The van der Waals surface area contributed by atoms with Gasteiger partial charge in [-0.05, 0) is 25.5 Å². The average molecular weight is 139 g/mol. The average Bonchev–Trinajstić information content (AvgIpc) is 1.83. The van der Waals surface area contributed by atoms with Crippen molar-refractivity contribution in [2.24, 2.45) is 0 Å². The summed E-state index contributed by atoms with van der Waals surface area (Å²) in [7, 11) is 0. The van der Waals surface area contributed by atoms with Gasteiger partial charge in [-0.2, -0.15) is 0 Å². The third-order valence-corrected chi connectivity index (χ3v) is 1.82. The van der Waals surface area contributed by atoms with Crippen LogP contribution in [0.1, 0.15) is 13.8 Å². The monoisotopic (exact) mass is 139 g/mol. The quantitative estimate of drug-likeness (QED) is 0.487. The first kappa shape index (κ1) is 7.51. The number of hydrogen-bond donors (Lipinski definition) is 2. The van der Waals surface area contributed by atoms with Gasteiger partial charge in [0.25, 0.3) is 0 Å². The predicted molar refractivity (Wildman–Crippen MR) is 39.0 cm³/mol. The summed E-state index contributed by atoms with van der Waals surface area (Å²) in [4.78, 5) is 0. The van der Waals surface area contributed by atoms with E-state index in [0.29, 0.717) is 5.57 Å². The van der Waals surface area contributed by atoms with Crippen molar-refractivity contribution < 1.29 is 10.2 Å². The zero-order valence-electron chi connectivity index (χ0n) is 6.13. The summed E-state index contributed by atoms with van der Waals surface area (Å²) >= 11 is 0. The third-order valence-electron chi connectivity index (χ3n) is 1.82. The molecule has 0 atom stereocenters. The van der Waals surface area contributed by atoms with Crippen LogP contribution >= 0.6 is 0 Å². The summed E-state index contributed by atoms with van der Waals surface area (Å²) in [5, 5.41) is 18.4. The molecule has 10 heavy (non-hydrogen) atoms. The fourth-order valence-corrected chi connectivity index (χ4v) is 0.867. The van der Waals surface area contributed by atoms with Crippen LogP contribution < -0.4 is 0 Å². The van der Waals surface area contributed by atoms with E-state index < -0.39 is 5.79 Å². The number of rotatable bonds is 0. The van der Waals surface area contributed by atoms with Gasteiger partial charge in [-0.15, -0.1) is 0 Å². The molecule has 2 N–H and O–H groups in total. The van der Waals surface area contributed by atoms with E-state index in [1.165, 1.54) is 6.08 Å². The SMILES string of the molecule is CC1=C(C)C(O)(O)C=C[CH]1. The summed E-state index contributed by atoms with van der Waals surface area (Å²) < 4.78 is 0. The zero-order chi connectivity index (χ0) is 7.78. The molecule has 2 heteroatoms. The molecule has 1 aliphatic carbocycles. The van der Waals surface area contributed by atoms with E-state index in [1.54, 1.807) is 13.0 Å². The minimum absolute atomic E-state index is 0.593. The van der Waals surface area contributed by atoms with E-state index in [9.17, 15) is 10.2 Å². The lowest BCUT2D eigenvalue weighted by atomic mass is 9.95. The van der Waals surface area contributed by atoms with E-state index in [2.05, 4.69) is 0 Å². The van der Waals surface area contributed by atoms with E-state index >= 15 is 0 Å². The Morgan fingerprint density at radius 1 is 1.30 bits per heavy atom. The molecule has 0 aromatic carbocycles. The fraction of sp³-hybridized carbons (Fsp3) is 0.375. The molecule has 1 radical (unpaired) electrons. The van der Waals surface area contributed by atoms with Crippen molar-refractivity contribution in [3.8, 4) is 0 Å². The molecule has 0 amide bonds. The lowest BCUT2D eigenvalue weighted by Crippen LogP contribution is -2.29. The maximum absolute atomic E-state index is 9.20.